The minimum absolute atomic E-state index is 0.0326. The van der Waals surface area contributed by atoms with Crippen LogP contribution < -0.4 is 0 Å². The van der Waals surface area contributed by atoms with E-state index in [-0.39, 0.29) is 43.1 Å². The number of ether oxygens (including phenoxy) is 6. The number of aliphatic hydroxyl groups excluding tert-OH is 1. The SMILES string of the molecule is C=CC[C@@H]1/C=C(\C)CCC[C@H](OC)[C@H]2O[C@@](O)(C(=O)C(=O)N3CCCC[C@H]3C(=O)O[C@H](/C(C)=C/[C@@H]3CC[C@@H](F)[C@H](OC)C3)[C@H](C)[C@@H](O[C@@H]3CCCCS3)CC1O)[C@H](C)C[C@@H]2OC. The molecule has 14 heteroatoms. The molecule has 0 radical (unpaired) electrons. The number of ketones is 1. The third-order valence-electron chi connectivity index (χ3n) is 14.2. The second kappa shape index (κ2) is 23.8. The van der Waals surface area contributed by atoms with Crippen LogP contribution in [0.3, 0.4) is 0 Å². The monoisotopic (exact) mass is 894 g/mol. The van der Waals surface area contributed by atoms with E-state index in [1.54, 1.807) is 32.9 Å². The maximum Gasteiger partial charge on any atom is 0.329 e. The number of methoxy groups -OCH3 is 3. The van der Waals surface area contributed by atoms with Gasteiger partial charge in [0, 0.05) is 52.0 Å². The third kappa shape index (κ3) is 12.6. The van der Waals surface area contributed by atoms with Crippen molar-refractivity contribution in [1.82, 2.24) is 4.90 Å². The van der Waals surface area contributed by atoms with Crippen LogP contribution >= 0.6 is 11.8 Å². The number of hydrogen-bond acceptors (Lipinski definition) is 12. The van der Waals surface area contributed by atoms with Crippen LogP contribution in [-0.4, -0.2) is 133 Å². The van der Waals surface area contributed by atoms with Gasteiger partial charge in [-0.1, -0.05) is 37.6 Å². The van der Waals surface area contributed by atoms with Crippen molar-refractivity contribution in [2.75, 3.05) is 33.6 Å². The second-order valence-electron chi connectivity index (χ2n) is 18.7. The smallest absolute Gasteiger partial charge is 0.329 e. The third-order valence-corrected chi connectivity index (χ3v) is 15.4. The molecular formula is C48H76FNO11S. The number of allylic oxidation sites excluding steroid dienone is 3. The van der Waals surface area contributed by atoms with Gasteiger partial charge in [-0.2, -0.15) is 0 Å². The lowest BCUT2D eigenvalue weighted by Crippen LogP contribution is -2.64. The molecule has 1 amide bonds. The molecule has 0 aromatic heterocycles. The van der Waals surface area contributed by atoms with Crippen LogP contribution in [0.5, 0.6) is 0 Å². The van der Waals surface area contributed by atoms with E-state index in [0.29, 0.717) is 57.8 Å². The van der Waals surface area contributed by atoms with Gasteiger partial charge in [-0.05, 0) is 121 Å². The zero-order valence-corrected chi connectivity index (χ0v) is 39.2. The fourth-order valence-corrected chi connectivity index (χ4v) is 11.6. The molecule has 1 aliphatic carbocycles. The highest BCUT2D eigenvalue weighted by molar-refractivity contribution is 7.99. The minimum Gasteiger partial charge on any atom is -0.456 e. The lowest BCUT2D eigenvalue weighted by atomic mass is 9.81. The van der Waals surface area contributed by atoms with Crippen molar-refractivity contribution in [3.05, 3.63) is 36.0 Å². The number of nitrogens with zero attached hydrogens (tertiary/aromatic N) is 1. The normalized spacial score (nSPS) is 41.3. The number of rotatable bonds is 9. The Balaban J connectivity index is 1.58. The molecule has 15 atom stereocenters. The summed E-state index contributed by atoms with van der Waals surface area (Å²) in [6.07, 6.45) is 8.98. The largest absolute Gasteiger partial charge is 0.456 e. The Morgan fingerprint density at radius 1 is 0.952 bits per heavy atom. The summed E-state index contributed by atoms with van der Waals surface area (Å²) in [6, 6.07) is -1.10. The predicted molar refractivity (Wildman–Crippen MR) is 237 cm³/mol. The summed E-state index contributed by atoms with van der Waals surface area (Å²) in [6.45, 7) is 11.7. The van der Waals surface area contributed by atoms with Gasteiger partial charge in [-0.3, -0.25) is 9.59 Å². The first kappa shape index (κ1) is 50.8. The maximum absolute atomic E-state index is 14.8. The van der Waals surface area contributed by atoms with Crippen molar-refractivity contribution in [2.45, 2.75) is 190 Å². The molecule has 1 unspecified atom stereocenters. The van der Waals surface area contributed by atoms with Crippen LogP contribution in [-0.2, 0) is 42.8 Å². The highest BCUT2D eigenvalue weighted by atomic mass is 32.2. The average molecular weight is 894 g/mol. The summed E-state index contributed by atoms with van der Waals surface area (Å²) in [5.41, 5.74) is 1.73. The summed E-state index contributed by atoms with van der Waals surface area (Å²) >= 11 is 1.76. The molecule has 4 fully saturated rings. The van der Waals surface area contributed by atoms with E-state index >= 15 is 0 Å². The highest BCUT2D eigenvalue weighted by Gasteiger charge is 2.56. The van der Waals surface area contributed by atoms with Gasteiger partial charge >= 0.3 is 5.97 Å². The number of esters is 1. The Kier molecular flexibility index (Phi) is 19.5. The molecule has 0 spiro atoms. The Hall–Kier alpha value is -2.17. The summed E-state index contributed by atoms with van der Waals surface area (Å²) in [4.78, 5) is 44.7. The van der Waals surface area contributed by atoms with Gasteiger partial charge in [0.25, 0.3) is 11.7 Å². The number of amides is 1. The molecular weight excluding hydrogens is 818 g/mol. The summed E-state index contributed by atoms with van der Waals surface area (Å²) < 4.78 is 51.8. The fourth-order valence-electron chi connectivity index (χ4n) is 10.4. The Bertz CT molecular complexity index is 1560. The van der Waals surface area contributed by atoms with Crippen molar-refractivity contribution in [2.24, 2.45) is 23.7 Å². The van der Waals surface area contributed by atoms with Gasteiger partial charge in [0.1, 0.15) is 29.9 Å². The van der Waals surface area contributed by atoms with Crippen molar-refractivity contribution in [3.63, 3.8) is 0 Å². The first-order chi connectivity index (χ1) is 29.6. The van der Waals surface area contributed by atoms with E-state index in [9.17, 15) is 29.0 Å². The molecule has 5 aliphatic rings. The van der Waals surface area contributed by atoms with E-state index in [2.05, 4.69) is 18.7 Å². The lowest BCUT2D eigenvalue weighted by molar-refractivity contribution is -0.302. The van der Waals surface area contributed by atoms with Crippen LogP contribution in [0.15, 0.2) is 36.0 Å². The van der Waals surface area contributed by atoms with E-state index in [4.69, 9.17) is 28.4 Å². The number of carbonyl (C=O) groups excluding carboxylic acids is 3. The van der Waals surface area contributed by atoms with Gasteiger partial charge in [0.2, 0.25) is 5.79 Å². The van der Waals surface area contributed by atoms with Gasteiger partial charge in [0.05, 0.1) is 30.5 Å². The number of Topliss-reactive ketones (excluding diaryl/α,β-unsaturated/α-hetero) is 1. The summed E-state index contributed by atoms with van der Waals surface area (Å²) in [5.74, 6) is -5.90. The number of fused-ring (bicyclic) bond motifs is 3. The van der Waals surface area contributed by atoms with Crippen LogP contribution in [0, 0.1) is 23.7 Å². The molecule has 5 rings (SSSR count). The highest BCUT2D eigenvalue weighted by Crippen LogP contribution is 2.40. The Labute approximate surface area is 374 Å². The number of carbonyl (C=O) groups is 3. The van der Waals surface area contributed by atoms with Crippen molar-refractivity contribution >= 4 is 29.4 Å². The molecule has 1 saturated carbocycles. The number of halogens is 1. The van der Waals surface area contributed by atoms with E-state index in [1.165, 1.54) is 12.0 Å². The zero-order valence-electron chi connectivity index (χ0n) is 38.3. The van der Waals surface area contributed by atoms with Crippen LogP contribution in [0.2, 0.25) is 0 Å². The summed E-state index contributed by atoms with van der Waals surface area (Å²) in [5, 5.41) is 24.2. The van der Waals surface area contributed by atoms with Gasteiger partial charge in [-0.25, -0.2) is 9.18 Å². The second-order valence-corrected chi connectivity index (χ2v) is 19.9. The molecule has 4 aliphatic heterocycles. The number of piperidine rings is 1. The molecule has 2 bridgehead atoms. The topological polar surface area (TPSA) is 150 Å². The van der Waals surface area contributed by atoms with Crippen molar-refractivity contribution in [1.29, 1.82) is 0 Å². The van der Waals surface area contributed by atoms with E-state index in [0.717, 1.165) is 36.2 Å². The molecule has 0 aromatic carbocycles. The van der Waals surface area contributed by atoms with E-state index < -0.39 is 90.2 Å². The average Bonchev–Trinajstić information content (AvgIpc) is 3.27. The molecule has 62 heavy (non-hydrogen) atoms. The van der Waals surface area contributed by atoms with E-state index in [1.807, 2.05) is 26.8 Å². The molecule has 2 N–H and O–H groups in total. The fraction of sp³-hybridized carbons (Fsp3) is 0.812. The number of aliphatic hydroxyl groups is 2. The maximum atomic E-state index is 14.8. The van der Waals surface area contributed by atoms with Crippen LogP contribution in [0.1, 0.15) is 124 Å². The standard InChI is InChI=1S/C48H76FNO11S/c1-9-15-34-24-29(2)16-14-18-38(56-6)44-41(58-8)26-31(4)48(55,61-44)45(52)46(53)50-22-12-10-17-36(50)47(54)60-43(30(3)25-33-20-21-35(49)40(27-33)57-7)32(5)39(28-37(34)51)59-42-19-11-13-23-62-42/h9,24-25,31-44,51,55H,1,10-23,26-28H2,2-8H3/b29-24+,30-25+/t31-,32-,33+,34-,35-,36+,37?,38+,39+,40-,41+,42+,43-,44-,48-/m1/s1. The molecule has 12 nitrogen and oxygen atoms in total. The quantitative estimate of drug-likeness (QED) is 0.135. The molecule has 0 aromatic rings. The molecule has 352 valence electrons. The summed E-state index contributed by atoms with van der Waals surface area (Å²) in [7, 11) is 4.62. The van der Waals surface area contributed by atoms with Crippen LogP contribution in [0.4, 0.5) is 4.39 Å². The predicted octanol–water partition coefficient (Wildman–Crippen LogP) is 7.43. The number of cyclic esters (lactones) is 1. The lowest BCUT2D eigenvalue weighted by Gasteiger charge is -2.46. The number of alkyl halides is 1. The number of thioether (sulfide) groups is 1. The molecule has 3 saturated heterocycles. The zero-order chi connectivity index (χ0) is 45.1. The van der Waals surface area contributed by atoms with Gasteiger partial charge < -0.3 is 43.5 Å². The molecule has 4 heterocycles. The Morgan fingerprint density at radius 2 is 1.68 bits per heavy atom. The first-order valence-corrected chi connectivity index (χ1v) is 24.3. The first-order valence-electron chi connectivity index (χ1n) is 23.3. The minimum atomic E-state index is -2.49. The van der Waals surface area contributed by atoms with Gasteiger partial charge in [0.15, 0.2) is 0 Å². The van der Waals surface area contributed by atoms with Crippen molar-refractivity contribution in [3.8, 4) is 0 Å². The van der Waals surface area contributed by atoms with Crippen molar-refractivity contribution < 1.29 is 57.4 Å². The van der Waals surface area contributed by atoms with Gasteiger partial charge in [-0.15, -0.1) is 18.3 Å². The van der Waals surface area contributed by atoms with Crippen LogP contribution in [0.25, 0.3) is 0 Å². The Morgan fingerprint density at radius 3 is 2.35 bits per heavy atom. The number of hydrogen-bond donors (Lipinski definition) is 2.